The molecule has 3 nitrogen and oxygen atoms in total. The summed E-state index contributed by atoms with van der Waals surface area (Å²) in [4.78, 5) is 5.68. The number of rotatable bonds is 1. The lowest BCUT2D eigenvalue weighted by atomic mass is 10.2. The van der Waals surface area contributed by atoms with Gasteiger partial charge in [0.15, 0.2) is 0 Å². The van der Waals surface area contributed by atoms with Crippen LogP contribution in [0.2, 0.25) is 0 Å². The molecule has 0 radical (unpaired) electrons. The van der Waals surface area contributed by atoms with E-state index in [4.69, 9.17) is 5.73 Å². The van der Waals surface area contributed by atoms with Crippen LogP contribution in [0.25, 0.3) is 0 Å². The van der Waals surface area contributed by atoms with Gasteiger partial charge in [0.05, 0.1) is 5.56 Å². The second-order valence-electron chi connectivity index (χ2n) is 3.55. The summed E-state index contributed by atoms with van der Waals surface area (Å²) in [5.41, 5.74) is 5.43. The van der Waals surface area contributed by atoms with Crippen molar-refractivity contribution in [1.29, 1.82) is 0 Å². The fourth-order valence-corrected chi connectivity index (χ4v) is 1.43. The van der Waals surface area contributed by atoms with Crippen LogP contribution in [0.4, 0.5) is 18.9 Å². The molecule has 0 aromatic heterocycles. The van der Waals surface area contributed by atoms with Gasteiger partial charge in [-0.2, -0.15) is 13.2 Å². The standard InChI is InChI=1S/C11H10F3N3/c12-11(13,14)8-1-3-9(4-2-8)17-6-5-10(15)16-7-17/h1-6H,7H2,(H2,15,16). The van der Waals surface area contributed by atoms with Gasteiger partial charge in [0.2, 0.25) is 0 Å². The van der Waals surface area contributed by atoms with Crippen LogP contribution in [-0.2, 0) is 6.18 Å². The molecule has 0 saturated heterocycles. The number of hydrogen-bond acceptors (Lipinski definition) is 3. The van der Waals surface area contributed by atoms with Crippen molar-refractivity contribution < 1.29 is 13.2 Å². The molecule has 2 N–H and O–H groups in total. The minimum absolute atomic E-state index is 0.313. The molecule has 1 aromatic rings. The Morgan fingerprint density at radius 3 is 2.29 bits per heavy atom. The first-order valence-electron chi connectivity index (χ1n) is 4.89. The Balaban J connectivity index is 2.17. The van der Waals surface area contributed by atoms with E-state index in [1.165, 1.54) is 12.1 Å². The molecule has 0 atom stereocenters. The molecule has 0 spiro atoms. The molecule has 0 fully saturated rings. The predicted molar refractivity (Wildman–Crippen MR) is 59.6 cm³/mol. The number of nitrogens with zero attached hydrogens (tertiary/aromatic N) is 2. The lowest BCUT2D eigenvalue weighted by molar-refractivity contribution is -0.137. The minimum atomic E-state index is -4.31. The second kappa shape index (κ2) is 4.12. The quantitative estimate of drug-likeness (QED) is 0.820. The van der Waals surface area contributed by atoms with E-state index in [2.05, 4.69) is 4.99 Å². The summed E-state index contributed by atoms with van der Waals surface area (Å²) in [5, 5.41) is 0. The number of alkyl halides is 3. The van der Waals surface area contributed by atoms with Gasteiger partial charge < -0.3 is 10.6 Å². The average Bonchev–Trinajstić information content (AvgIpc) is 2.29. The molecular formula is C11H10F3N3. The largest absolute Gasteiger partial charge is 0.416 e. The van der Waals surface area contributed by atoms with Crippen molar-refractivity contribution in [2.24, 2.45) is 10.7 Å². The van der Waals surface area contributed by atoms with Crippen molar-refractivity contribution in [3.05, 3.63) is 42.1 Å². The Labute approximate surface area is 96.1 Å². The Hall–Kier alpha value is -1.98. The minimum Gasteiger partial charge on any atom is -0.384 e. The van der Waals surface area contributed by atoms with Crippen LogP contribution in [0.15, 0.2) is 41.5 Å². The first-order valence-corrected chi connectivity index (χ1v) is 4.89. The molecule has 17 heavy (non-hydrogen) atoms. The van der Waals surface area contributed by atoms with Crippen LogP contribution in [0.5, 0.6) is 0 Å². The summed E-state index contributed by atoms with van der Waals surface area (Å²) in [7, 11) is 0. The fourth-order valence-electron chi connectivity index (χ4n) is 1.43. The highest BCUT2D eigenvalue weighted by Crippen LogP contribution is 2.30. The monoisotopic (exact) mass is 241 g/mol. The number of hydrogen-bond donors (Lipinski definition) is 1. The molecule has 0 amide bonds. The first kappa shape index (κ1) is 11.5. The molecule has 90 valence electrons. The number of aliphatic imine (C=N–C) groups is 1. The van der Waals surface area contributed by atoms with Crippen LogP contribution in [0.1, 0.15) is 5.56 Å². The van der Waals surface area contributed by atoms with Crippen LogP contribution >= 0.6 is 0 Å². The maximum atomic E-state index is 12.3. The van der Waals surface area contributed by atoms with Gasteiger partial charge in [0.1, 0.15) is 12.5 Å². The maximum Gasteiger partial charge on any atom is 0.416 e. The normalized spacial score (nSPS) is 15.9. The van der Waals surface area contributed by atoms with Crippen LogP contribution in [-0.4, -0.2) is 12.5 Å². The highest BCUT2D eigenvalue weighted by Gasteiger charge is 2.30. The first-order chi connectivity index (χ1) is 7.97. The number of anilines is 1. The maximum absolute atomic E-state index is 12.3. The Bertz CT molecular complexity index is 460. The zero-order chi connectivity index (χ0) is 12.5. The fraction of sp³-hybridized carbons (Fsp3) is 0.182. The van der Waals surface area contributed by atoms with Crippen molar-refractivity contribution in [2.75, 3.05) is 11.6 Å². The number of benzene rings is 1. The van der Waals surface area contributed by atoms with E-state index in [0.29, 0.717) is 18.2 Å². The van der Waals surface area contributed by atoms with Crippen molar-refractivity contribution in [2.45, 2.75) is 6.18 Å². The molecule has 1 aromatic carbocycles. The van der Waals surface area contributed by atoms with Gasteiger partial charge in [-0.05, 0) is 30.3 Å². The van der Waals surface area contributed by atoms with Gasteiger partial charge in [-0.1, -0.05) is 0 Å². The topological polar surface area (TPSA) is 41.6 Å². The Kier molecular flexibility index (Phi) is 2.79. The molecule has 6 heteroatoms. The van der Waals surface area contributed by atoms with Gasteiger partial charge in [-0.3, -0.25) is 0 Å². The molecule has 2 rings (SSSR count). The molecule has 1 aliphatic heterocycles. The molecule has 0 saturated carbocycles. The SMILES string of the molecule is NC1=NCN(c2ccc(C(F)(F)F)cc2)C=C1. The molecule has 0 aliphatic carbocycles. The van der Waals surface area contributed by atoms with E-state index in [9.17, 15) is 13.2 Å². The van der Waals surface area contributed by atoms with E-state index >= 15 is 0 Å². The van der Waals surface area contributed by atoms with Gasteiger partial charge in [-0.25, -0.2) is 4.99 Å². The zero-order valence-corrected chi connectivity index (χ0v) is 8.78. The van der Waals surface area contributed by atoms with E-state index < -0.39 is 11.7 Å². The third-order valence-electron chi connectivity index (χ3n) is 2.36. The highest BCUT2D eigenvalue weighted by molar-refractivity contribution is 5.92. The molecule has 1 heterocycles. The lowest BCUT2D eigenvalue weighted by Gasteiger charge is -2.21. The van der Waals surface area contributed by atoms with Gasteiger partial charge in [-0.15, -0.1) is 0 Å². The number of halogens is 3. The van der Waals surface area contributed by atoms with E-state index in [1.807, 2.05) is 0 Å². The highest BCUT2D eigenvalue weighted by atomic mass is 19.4. The summed E-state index contributed by atoms with van der Waals surface area (Å²) in [6.07, 6.45) is -1.02. The van der Waals surface area contributed by atoms with Crippen LogP contribution in [0, 0.1) is 0 Å². The average molecular weight is 241 g/mol. The summed E-state index contributed by atoms with van der Waals surface area (Å²) >= 11 is 0. The molecule has 1 aliphatic rings. The summed E-state index contributed by atoms with van der Waals surface area (Å²) in [5.74, 6) is 0.410. The van der Waals surface area contributed by atoms with Crippen molar-refractivity contribution in [3.8, 4) is 0 Å². The van der Waals surface area contributed by atoms with Crippen molar-refractivity contribution in [3.63, 3.8) is 0 Å². The van der Waals surface area contributed by atoms with Gasteiger partial charge in [0, 0.05) is 11.9 Å². The molecule has 0 unspecified atom stereocenters. The summed E-state index contributed by atoms with van der Waals surface area (Å²) in [6.45, 7) is 0.313. The third kappa shape index (κ3) is 2.58. The lowest BCUT2D eigenvalue weighted by Crippen LogP contribution is -2.24. The smallest absolute Gasteiger partial charge is 0.384 e. The summed E-state index contributed by atoms with van der Waals surface area (Å²) in [6, 6.07) is 4.91. The third-order valence-corrected chi connectivity index (χ3v) is 2.36. The summed E-state index contributed by atoms with van der Waals surface area (Å²) < 4.78 is 37.0. The zero-order valence-electron chi connectivity index (χ0n) is 8.78. The molecular weight excluding hydrogens is 231 g/mol. The van der Waals surface area contributed by atoms with Crippen LogP contribution < -0.4 is 10.6 Å². The number of amidine groups is 1. The van der Waals surface area contributed by atoms with E-state index in [1.54, 1.807) is 17.2 Å². The van der Waals surface area contributed by atoms with Crippen molar-refractivity contribution in [1.82, 2.24) is 0 Å². The number of nitrogens with two attached hydrogens (primary N) is 1. The second-order valence-corrected chi connectivity index (χ2v) is 3.55. The van der Waals surface area contributed by atoms with E-state index in [-0.39, 0.29) is 0 Å². The molecule has 0 bridgehead atoms. The van der Waals surface area contributed by atoms with Gasteiger partial charge in [0.25, 0.3) is 0 Å². The Morgan fingerprint density at radius 2 is 1.82 bits per heavy atom. The van der Waals surface area contributed by atoms with Crippen LogP contribution in [0.3, 0.4) is 0 Å². The van der Waals surface area contributed by atoms with Crippen molar-refractivity contribution >= 4 is 11.5 Å². The van der Waals surface area contributed by atoms with Gasteiger partial charge >= 0.3 is 6.18 Å². The van der Waals surface area contributed by atoms with E-state index in [0.717, 1.165) is 12.1 Å². The Morgan fingerprint density at radius 1 is 1.18 bits per heavy atom. The predicted octanol–water partition coefficient (Wildman–Crippen LogP) is 2.35.